The van der Waals surface area contributed by atoms with Crippen molar-refractivity contribution in [3.63, 3.8) is 0 Å². The molecule has 0 bridgehead atoms. The molecule has 0 spiro atoms. The van der Waals surface area contributed by atoms with Crippen LogP contribution in [0.15, 0.2) is 21.4 Å². The van der Waals surface area contributed by atoms with Gasteiger partial charge in [0.25, 0.3) is 0 Å². The fourth-order valence-electron chi connectivity index (χ4n) is 1.59. The first-order valence-electron chi connectivity index (χ1n) is 6.46. The molecule has 0 saturated carbocycles. The Hall–Kier alpha value is -1.05. The molecular weight excluding hydrogens is 312 g/mol. The van der Waals surface area contributed by atoms with Gasteiger partial charge in [0.05, 0.1) is 4.90 Å². The number of nitrogens with zero attached hydrogens (tertiary/aromatic N) is 2. The second kappa shape index (κ2) is 6.37. The third kappa shape index (κ3) is 4.72. The van der Waals surface area contributed by atoms with E-state index in [-0.39, 0.29) is 10.4 Å². The topological polar surface area (TPSA) is 37.8 Å². The lowest BCUT2D eigenvalue weighted by Crippen LogP contribution is -2.35. The second-order valence-electron chi connectivity index (χ2n) is 5.70. The lowest BCUT2D eigenvalue weighted by atomic mass is 10.1. The quantitative estimate of drug-likeness (QED) is 0.914. The number of rotatable bonds is 4. The van der Waals surface area contributed by atoms with Crippen LogP contribution < -0.4 is 5.32 Å². The van der Waals surface area contributed by atoms with Crippen LogP contribution in [0.4, 0.5) is 8.78 Å². The highest BCUT2D eigenvalue weighted by atomic mass is 32.2. The van der Waals surface area contributed by atoms with Gasteiger partial charge >= 0.3 is 0 Å². The molecule has 0 fully saturated rings. The molecule has 0 amide bonds. The highest BCUT2D eigenvalue weighted by Gasteiger charge is 2.16. The molecule has 2 rings (SSSR count). The van der Waals surface area contributed by atoms with E-state index in [9.17, 15) is 8.78 Å². The van der Waals surface area contributed by atoms with Gasteiger partial charge in [-0.1, -0.05) is 11.8 Å². The standard InChI is InChI=1S/C14H17F2N3S2/c1-8-18-13(21-19-8)20-12-10(15)5-9(6-11(12)16)7-17-14(2,3)4/h5-6,17H,7H2,1-4H3. The number of benzene rings is 1. The van der Waals surface area contributed by atoms with Crippen LogP contribution in [0.2, 0.25) is 0 Å². The first-order chi connectivity index (χ1) is 9.74. The molecule has 2 aromatic rings. The Morgan fingerprint density at radius 1 is 1.24 bits per heavy atom. The highest BCUT2D eigenvalue weighted by molar-refractivity contribution is 8.01. The van der Waals surface area contributed by atoms with Crippen LogP contribution in [0.25, 0.3) is 0 Å². The van der Waals surface area contributed by atoms with Crippen molar-refractivity contribution >= 4 is 23.3 Å². The molecule has 1 N–H and O–H groups in total. The van der Waals surface area contributed by atoms with Crippen LogP contribution in [-0.2, 0) is 6.54 Å². The molecule has 1 aromatic heterocycles. The Morgan fingerprint density at radius 2 is 1.86 bits per heavy atom. The average molecular weight is 329 g/mol. The zero-order chi connectivity index (χ0) is 15.6. The summed E-state index contributed by atoms with van der Waals surface area (Å²) in [6.45, 7) is 8.17. The predicted molar refractivity (Wildman–Crippen MR) is 81.7 cm³/mol. The molecule has 0 aliphatic heterocycles. The zero-order valence-electron chi connectivity index (χ0n) is 12.3. The molecule has 0 atom stereocenters. The molecule has 3 nitrogen and oxygen atoms in total. The van der Waals surface area contributed by atoms with Crippen molar-refractivity contribution in [2.75, 3.05) is 0 Å². The molecule has 0 unspecified atom stereocenters. The van der Waals surface area contributed by atoms with Crippen LogP contribution in [-0.4, -0.2) is 14.9 Å². The summed E-state index contributed by atoms with van der Waals surface area (Å²) in [5.41, 5.74) is 0.475. The average Bonchev–Trinajstić information content (AvgIpc) is 2.76. The van der Waals surface area contributed by atoms with Gasteiger partial charge in [-0.05, 0) is 56.9 Å². The monoisotopic (exact) mass is 329 g/mol. The molecule has 0 aliphatic rings. The Morgan fingerprint density at radius 3 is 2.33 bits per heavy atom. The van der Waals surface area contributed by atoms with Crippen molar-refractivity contribution in [3.05, 3.63) is 35.2 Å². The zero-order valence-corrected chi connectivity index (χ0v) is 14.0. The van der Waals surface area contributed by atoms with Crippen molar-refractivity contribution in [1.82, 2.24) is 14.7 Å². The van der Waals surface area contributed by atoms with Crippen LogP contribution in [0.5, 0.6) is 0 Å². The molecule has 1 aromatic carbocycles. The number of aryl methyl sites for hydroxylation is 1. The van der Waals surface area contributed by atoms with Gasteiger partial charge in [-0.15, -0.1) is 0 Å². The Bertz CT molecular complexity index is 612. The molecule has 0 saturated heterocycles. The lowest BCUT2D eigenvalue weighted by molar-refractivity contribution is 0.422. The first kappa shape index (κ1) is 16.3. The van der Waals surface area contributed by atoms with E-state index in [1.165, 1.54) is 12.1 Å². The number of halogens is 2. The van der Waals surface area contributed by atoms with Crippen molar-refractivity contribution in [2.24, 2.45) is 0 Å². The SMILES string of the molecule is Cc1nsc(Sc2c(F)cc(CNC(C)(C)C)cc2F)n1. The van der Waals surface area contributed by atoms with E-state index in [4.69, 9.17) is 0 Å². The van der Waals surface area contributed by atoms with Gasteiger partial charge in [-0.3, -0.25) is 0 Å². The molecule has 0 aliphatic carbocycles. The molecule has 1 heterocycles. The maximum Gasteiger partial charge on any atom is 0.175 e. The van der Waals surface area contributed by atoms with Crippen LogP contribution in [0.3, 0.4) is 0 Å². The third-order valence-corrected chi connectivity index (χ3v) is 4.52. The largest absolute Gasteiger partial charge is 0.308 e. The fourth-order valence-corrected chi connectivity index (χ4v) is 3.19. The second-order valence-corrected chi connectivity index (χ2v) is 7.71. The van der Waals surface area contributed by atoms with E-state index in [1.807, 2.05) is 20.8 Å². The van der Waals surface area contributed by atoms with Gasteiger partial charge in [0.1, 0.15) is 17.5 Å². The Balaban J connectivity index is 2.17. The molecular formula is C14H17F2N3S2. The van der Waals surface area contributed by atoms with Crippen LogP contribution in [0.1, 0.15) is 32.2 Å². The smallest absolute Gasteiger partial charge is 0.175 e. The summed E-state index contributed by atoms with van der Waals surface area (Å²) in [7, 11) is 0. The van der Waals surface area contributed by atoms with E-state index in [2.05, 4.69) is 14.7 Å². The summed E-state index contributed by atoms with van der Waals surface area (Å²) in [6.07, 6.45) is 0. The van der Waals surface area contributed by atoms with Crippen molar-refractivity contribution < 1.29 is 8.78 Å². The maximum atomic E-state index is 14.1. The lowest BCUT2D eigenvalue weighted by Gasteiger charge is -2.20. The van der Waals surface area contributed by atoms with E-state index in [0.717, 1.165) is 23.3 Å². The van der Waals surface area contributed by atoms with E-state index in [0.29, 0.717) is 22.3 Å². The highest BCUT2D eigenvalue weighted by Crippen LogP contribution is 2.33. The predicted octanol–water partition coefficient (Wildman–Crippen LogP) is 4.16. The molecule has 7 heteroatoms. The van der Waals surface area contributed by atoms with E-state index in [1.54, 1.807) is 6.92 Å². The molecule has 114 valence electrons. The summed E-state index contributed by atoms with van der Waals surface area (Å²) in [5.74, 6) is -0.536. The number of aromatic nitrogens is 2. The number of hydrogen-bond donors (Lipinski definition) is 1. The first-order valence-corrected chi connectivity index (χ1v) is 8.05. The van der Waals surface area contributed by atoms with Gasteiger partial charge in [-0.25, -0.2) is 13.8 Å². The van der Waals surface area contributed by atoms with Crippen molar-refractivity contribution in [1.29, 1.82) is 0 Å². The normalized spacial score (nSPS) is 11.9. The number of hydrogen-bond acceptors (Lipinski definition) is 5. The van der Waals surface area contributed by atoms with Gasteiger partial charge in [0.15, 0.2) is 4.34 Å². The molecule has 21 heavy (non-hydrogen) atoms. The van der Waals surface area contributed by atoms with Crippen LogP contribution in [0, 0.1) is 18.6 Å². The Kier molecular flexibility index (Phi) is 4.95. The van der Waals surface area contributed by atoms with Gasteiger partial charge in [0.2, 0.25) is 0 Å². The minimum absolute atomic E-state index is 0.0364. The summed E-state index contributed by atoms with van der Waals surface area (Å²) >= 11 is 2.10. The fraction of sp³-hybridized carbons (Fsp3) is 0.429. The third-order valence-electron chi connectivity index (χ3n) is 2.58. The summed E-state index contributed by atoms with van der Waals surface area (Å²) in [4.78, 5) is 4.07. The van der Waals surface area contributed by atoms with Crippen molar-refractivity contribution in [2.45, 2.75) is 49.0 Å². The maximum absolute atomic E-state index is 14.1. The minimum Gasteiger partial charge on any atom is -0.308 e. The Labute approximate surface area is 131 Å². The minimum atomic E-state index is -0.571. The molecule has 0 radical (unpaired) electrons. The van der Waals surface area contributed by atoms with Gasteiger partial charge in [-0.2, -0.15) is 4.37 Å². The summed E-state index contributed by atoms with van der Waals surface area (Å²) < 4.78 is 32.7. The van der Waals surface area contributed by atoms with Gasteiger partial charge in [0, 0.05) is 12.1 Å². The van der Waals surface area contributed by atoms with E-state index < -0.39 is 11.6 Å². The van der Waals surface area contributed by atoms with Crippen LogP contribution >= 0.6 is 23.3 Å². The summed E-state index contributed by atoms with van der Waals surface area (Å²) in [5, 5.41) is 3.20. The summed E-state index contributed by atoms with van der Waals surface area (Å²) in [6, 6.07) is 2.72. The van der Waals surface area contributed by atoms with E-state index >= 15 is 0 Å². The van der Waals surface area contributed by atoms with Gasteiger partial charge < -0.3 is 5.32 Å². The number of nitrogens with one attached hydrogen (secondary N) is 1. The van der Waals surface area contributed by atoms with Crippen molar-refractivity contribution in [3.8, 4) is 0 Å².